The van der Waals surface area contributed by atoms with E-state index >= 15 is 0 Å². The molecule has 2 aliphatic heterocycles. The normalized spacial score (nSPS) is 26.4. The fraction of sp³-hybridized carbons (Fsp3) is 0.667. The van der Waals surface area contributed by atoms with Gasteiger partial charge in [0.2, 0.25) is 0 Å². The van der Waals surface area contributed by atoms with Gasteiger partial charge >= 0.3 is 0 Å². The Morgan fingerprint density at radius 1 is 1.16 bits per heavy atom. The number of nitrogens with zero attached hydrogens (tertiary/aromatic N) is 1. The second-order valence-corrected chi connectivity index (χ2v) is 7.96. The van der Waals surface area contributed by atoms with Gasteiger partial charge in [-0.2, -0.15) is 0 Å². The van der Waals surface area contributed by atoms with Gasteiger partial charge in [0.05, 0.1) is 18.3 Å². The number of piperidine rings is 1. The second-order valence-electron chi connectivity index (χ2n) is 7.96. The highest BCUT2D eigenvalue weighted by atomic mass is 16.6. The predicted octanol–water partition coefficient (Wildman–Crippen LogP) is 3.66. The lowest BCUT2D eigenvalue weighted by Gasteiger charge is -2.38. The van der Waals surface area contributed by atoms with Gasteiger partial charge in [-0.3, -0.25) is 4.79 Å². The molecule has 25 heavy (non-hydrogen) atoms. The highest BCUT2D eigenvalue weighted by Gasteiger charge is 2.44. The van der Waals surface area contributed by atoms with Crippen LogP contribution in [0.5, 0.6) is 0 Å². The van der Waals surface area contributed by atoms with Gasteiger partial charge in [0, 0.05) is 31.7 Å². The summed E-state index contributed by atoms with van der Waals surface area (Å²) in [4.78, 5) is 14.5. The number of carbonyl (C=O) groups is 1. The van der Waals surface area contributed by atoms with E-state index in [0.717, 1.165) is 57.0 Å². The SMILES string of the molecule is O=C(c1ccccc1)N1CCC2(CC1)C[C@H](OCC1CCCC1)CO2. The van der Waals surface area contributed by atoms with Crippen LogP contribution in [-0.2, 0) is 9.47 Å². The molecule has 1 aromatic carbocycles. The maximum atomic E-state index is 12.6. The van der Waals surface area contributed by atoms with Crippen LogP contribution < -0.4 is 0 Å². The summed E-state index contributed by atoms with van der Waals surface area (Å²) >= 11 is 0. The van der Waals surface area contributed by atoms with Crippen molar-refractivity contribution in [3.8, 4) is 0 Å². The minimum Gasteiger partial charge on any atom is -0.375 e. The largest absolute Gasteiger partial charge is 0.375 e. The van der Waals surface area contributed by atoms with Crippen molar-refractivity contribution < 1.29 is 14.3 Å². The van der Waals surface area contributed by atoms with E-state index in [4.69, 9.17) is 9.47 Å². The Labute approximate surface area is 150 Å². The lowest BCUT2D eigenvalue weighted by Crippen LogP contribution is -2.46. The van der Waals surface area contributed by atoms with Gasteiger partial charge in [-0.25, -0.2) is 0 Å². The van der Waals surface area contributed by atoms with Gasteiger partial charge < -0.3 is 14.4 Å². The van der Waals surface area contributed by atoms with Crippen LogP contribution in [-0.4, -0.2) is 48.8 Å². The molecular weight excluding hydrogens is 314 g/mol. The first kappa shape index (κ1) is 17.0. The minimum absolute atomic E-state index is 0.0617. The van der Waals surface area contributed by atoms with Crippen LogP contribution >= 0.6 is 0 Å². The highest BCUT2D eigenvalue weighted by molar-refractivity contribution is 5.94. The molecule has 0 bridgehead atoms. The van der Waals surface area contributed by atoms with Gasteiger partial charge in [0.1, 0.15) is 0 Å². The second kappa shape index (κ2) is 7.46. The van der Waals surface area contributed by atoms with Crippen LogP contribution in [0.25, 0.3) is 0 Å². The average Bonchev–Trinajstić information content (AvgIpc) is 3.31. The quantitative estimate of drug-likeness (QED) is 0.837. The molecule has 1 spiro atoms. The molecule has 0 aromatic heterocycles. The zero-order valence-corrected chi connectivity index (χ0v) is 15.0. The van der Waals surface area contributed by atoms with Crippen molar-refractivity contribution >= 4 is 5.91 Å². The number of amides is 1. The molecule has 0 radical (unpaired) electrons. The summed E-state index contributed by atoms with van der Waals surface area (Å²) in [6, 6.07) is 9.58. The number of rotatable bonds is 4. The Kier molecular flexibility index (Phi) is 5.09. The molecule has 4 heteroatoms. The Balaban J connectivity index is 1.26. The zero-order chi connectivity index (χ0) is 17.1. The van der Waals surface area contributed by atoms with Crippen LogP contribution in [0.3, 0.4) is 0 Å². The molecule has 136 valence electrons. The van der Waals surface area contributed by atoms with E-state index in [0.29, 0.717) is 0 Å². The molecule has 1 atom stereocenters. The predicted molar refractivity (Wildman–Crippen MR) is 96.6 cm³/mol. The van der Waals surface area contributed by atoms with Crippen LogP contribution in [0.15, 0.2) is 30.3 Å². The third kappa shape index (κ3) is 3.90. The molecule has 2 saturated heterocycles. The lowest BCUT2D eigenvalue weighted by atomic mass is 9.87. The summed E-state index contributed by atoms with van der Waals surface area (Å²) in [7, 11) is 0. The van der Waals surface area contributed by atoms with Crippen molar-refractivity contribution in [2.24, 2.45) is 5.92 Å². The zero-order valence-electron chi connectivity index (χ0n) is 15.0. The molecule has 1 aliphatic carbocycles. The molecule has 0 N–H and O–H groups in total. The van der Waals surface area contributed by atoms with Crippen molar-refractivity contribution in [1.29, 1.82) is 0 Å². The minimum atomic E-state index is -0.0617. The van der Waals surface area contributed by atoms with Gasteiger partial charge in [0.15, 0.2) is 0 Å². The number of benzene rings is 1. The molecule has 1 aromatic rings. The molecule has 0 unspecified atom stereocenters. The van der Waals surface area contributed by atoms with E-state index in [1.54, 1.807) is 0 Å². The van der Waals surface area contributed by atoms with E-state index in [1.807, 2.05) is 35.2 Å². The summed E-state index contributed by atoms with van der Waals surface area (Å²) in [5, 5.41) is 0. The highest BCUT2D eigenvalue weighted by Crippen LogP contribution is 2.38. The number of hydrogen-bond donors (Lipinski definition) is 0. The summed E-state index contributed by atoms with van der Waals surface area (Å²) in [5.41, 5.74) is 0.719. The van der Waals surface area contributed by atoms with Gasteiger partial charge in [-0.15, -0.1) is 0 Å². The van der Waals surface area contributed by atoms with Crippen LogP contribution in [0.2, 0.25) is 0 Å². The first-order valence-electron chi connectivity index (χ1n) is 9.84. The van der Waals surface area contributed by atoms with Crippen molar-refractivity contribution in [3.63, 3.8) is 0 Å². The molecule has 2 heterocycles. The van der Waals surface area contributed by atoms with Crippen molar-refractivity contribution in [1.82, 2.24) is 4.90 Å². The van der Waals surface area contributed by atoms with E-state index in [-0.39, 0.29) is 17.6 Å². The number of likely N-dealkylation sites (tertiary alicyclic amines) is 1. The monoisotopic (exact) mass is 343 g/mol. The maximum absolute atomic E-state index is 12.6. The first-order chi connectivity index (χ1) is 12.2. The Bertz CT molecular complexity index is 574. The number of ether oxygens (including phenoxy) is 2. The molecule has 3 fully saturated rings. The average molecular weight is 343 g/mol. The first-order valence-corrected chi connectivity index (χ1v) is 9.84. The fourth-order valence-electron chi connectivity index (χ4n) is 4.59. The fourth-order valence-corrected chi connectivity index (χ4v) is 4.59. The number of hydrogen-bond acceptors (Lipinski definition) is 3. The van der Waals surface area contributed by atoms with Gasteiger partial charge in [0.25, 0.3) is 5.91 Å². The Hall–Kier alpha value is -1.39. The summed E-state index contributed by atoms with van der Waals surface area (Å²) in [6.07, 6.45) is 8.48. The molecular formula is C21H29NO3. The van der Waals surface area contributed by atoms with E-state index in [2.05, 4.69) is 0 Å². The van der Waals surface area contributed by atoms with Crippen LogP contribution in [0.1, 0.15) is 55.3 Å². The smallest absolute Gasteiger partial charge is 0.253 e. The van der Waals surface area contributed by atoms with Crippen molar-refractivity contribution in [2.75, 3.05) is 26.3 Å². The summed E-state index contributed by atoms with van der Waals surface area (Å²) in [5.74, 6) is 0.907. The third-order valence-corrected chi connectivity index (χ3v) is 6.20. The number of carbonyl (C=O) groups excluding carboxylic acids is 1. The topological polar surface area (TPSA) is 38.8 Å². The Morgan fingerprint density at radius 2 is 1.88 bits per heavy atom. The van der Waals surface area contributed by atoms with Crippen LogP contribution in [0, 0.1) is 5.92 Å². The standard InChI is InChI=1S/C21H29NO3/c23-20(18-8-2-1-3-9-18)22-12-10-21(11-13-22)14-19(16-25-21)24-15-17-6-4-5-7-17/h1-3,8-9,17,19H,4-7,10-16H2/t19-/m0/s1. The Morgan fingerprint density at radius 3 is 2.60 bits per heavy atom. The van der Waals surface area contributed by atoms with Crippen LogP contribution in [0.4, 0.5) is 0 Å². The molecule has 4 rings (SSSR count). The van der Waals surface area contributed by atoms with Crippen molar-refractivity contribution in [2.45, 2.75) is 56.7 Å². The summed E-state index contributed by atoms with van der Waals surface area (Å²) < 4.78 is 12.3. The van der Waals surface area contributed by atoms with Crippen molar-refractivity contribution in [3.05, 3.63) is 35.9 Å². The van der Waals surface area contributed by atoms with Gasteiger partial charge in [-0.05, 0) is 43.7 Å². The maximum Gasteiger partial charge on any atom is 0.253 e. The summed E-state index contributed by atoms with van der Waals surface area (Å²) in [6.45, 7) is 3.19. The third-order valence-electron chi connectivity index (χ3n) is 6.20. The molecule has 3 aliphatic rings. The van der Waals surface area contributed by atoms with E-state index < -0.39 is 0 Å². The molecule has 4 nitrogen and oxygen atoms in total. The van der Waals surface area contributed by atoms with E-state index in [1.165, 1.54) is 25.7 Å². The molecule has 1 amide bonds. The van der Waals surface area contributed by atoms with Gasteiger partial charge in [-0.1, -0.05) is 31.0 Å². The molecule has 1 saturated carbocycles. The van der Waals surface area contributed by atoms with E-state index in [9.17, 15) is 4.79 Å². The lowest BCUT2D eigenvalue weighted by molar-refractivity contribution is -0.0414.